The molecule has 0 atom stereocenters. The number of carboxylic acid groups (broad SMARTS) is 1. The summed E-state index contributed by atoms with van der Waals surface area (Å²) < 4.78 is 4.97. The summed E-state index contributed by atoms with van der Waals surface area (Å²) in [4.78, 5) is 32.6. The van der Waals surface area contributed by atoms with E-state index in [0.29, 0.717) is 0 Å². The number of nitrogens with one attached hydrogen (secondary N) is 2. The maximum atomic E-state index is 11.2. The number of carbonyl (C=O) groups excluding carboxylic acids is 2. The smallest absolute Gasteiger partial charge is 0.407 e. The molecule has 0 aliphatic rings. The third-order valence-corrected chi connectivity index (χ3v) is 1.68. The molecular formula is C11H20N2O5. The van der Waals surface area contributed by atoms with Gasteiger partial charge in [0, 0.05) is 19.5 Å². The van der Waals surface area contributed by atoms with Crippen molar-refractivity contribution in [2.24, 2.45) is 0 Å². The largest absolute Gasteiger partial charge is 0.481 e. The van der Waals surface area contributed by atoms with Crippen molar-refractivity contribution in [2.45, 2.75) is 39.2 Å². The van der Waals surface area contributed by atoms with Crippen LogP contribution in [0.5, 0.6) is 0 Å². The summed E-state index contributed by atoms with van der Waals surface area (Å²) in [7, 11) is 0. The first-order valence-electron chi connectivity index (χ1n) is 5.66. The number of hydrogen-bond donors (Lipinski definition) is 3. The van der Waals surface area contributed by atoms with E-state index in [4.69, 9.17) is 9.84 Å². The second kappa shape index (κ2) is 7.52. The minimum Gasteiger partial charge on any atom is -0.481 e. The Bertz CT molecular complexity index is 309. The van der Waals surface area contributed by atoms with E-state index in [2.05, 4.69) is 10.6 Å². The fourth-order valence-electron chi connectivity index (χ4n) is 0.990. The molecule has 0 bridgehead atoms. The van der Waals surface area contributed by atoms with Crippen LogP contribution in [0.3, 0.4) is 0 Å². The van der Waals surface area contributed by atoms with E-state index >= 15 is 0 Å². The van der Waals surface area contributed by atoms with Crippen LogP contribution in [0.15, 0.2) is 0 Å². The Morgan fingerprint density at radius 2 is 1.61 bits per heavy atom. The number of alkyl carbamates (subject to hydrolysis) is 1. The minimum absolute atomic E-state index is 0.0822. The van der Waals surface area contributed by atoms with Gasteiger partial charge in [-0.25, -0.2) is 4.79 Å². The number of carbonyl (C=O) groups is 3. The van der Waals surface area contributed by atoms with Gasteiger partial charge in [-0.1, -0.05) is 0 Å². The second-order valence-electron chi connectivity index (χ2n) is 4.67. The molecule has 0 radical (unpaired) electrons. The first kappa shape index (κ1) is 16.2. The Morgan fingerprint density at radius 3 is 2.11 bits per heavy atom. The van der Waals surface area contributed by atoms with Gasteiger partial charge in [0.1, 0.15) is 5.60 Å². The Morgan fingerprint density at radius 1 is 1.06 bits per heavy atom. The molecule has 0 aliphatic carbocycles. The van der Waals surface area contributed by atoms with Gasteiger partial charge in [0.2, 0.25) is 5.91 Å². The molecule has 0 unspecified atom stereocenters. The molecule has 18 heavy (non-hydrogen) atoms. The zero-order chi connectivity index (χ0) is 14.2. The van der Waals surface area contributed by atoms with Gasteiger partial charge in [0.15, 0.2) is 0 Å². The van der Waals surface area contributed by atoms with Gasteiger partial charge in [-0.05, 0) is 20.8 Å². The van der Waals surface area contributed by atoms with Crippen LogP contribution >= 0.6 is 0 Å². The van der Waals surface area contributed by atoms with Gasteiger partial charge in [-0.15, -0.1) is 0 Å². The van der Waals surface area contributed by atoms with E-state index in [9.17, 15) is 14.4 Å². The van der Waals surface area contributed by atoms with E-state index < -0.39 is 17.7 Å². The summed E-state index contributed by atoms with van der Waals surface area (Å²) in [5.74, 6) is -1.28. The molecule has 2 amide bonds. The lowest BCUT2D eigenvalue weighted by Gasteiger charge is -2.19. The van der Waals surface area contributed by atoms with Crippen LogP contribution in [0.1, 0.15) is 33.6 Å². The predicted octanol–water partition coefficient (Wildman–Crippen LogP) is 0.492. The first-order chi connectivity index (χ1) is 8.20. The zero-order valence-corrected chi connectivity index (χ0v) is 10.9. The molecule has 0 aromatic heterocycles. The lowest BCUT2D eigenvalue weighted by Crippen LogP contribution is -2.35. The van der Waals surface area contributed by atoms with Gasteiger partial charge >= 0.3 is 12.1 Å². The van der Waals surface area contributed by atoms with Crippen molar-refractivity contribution >= 4 is 18.0 Å². The van der Waals surface area contributed by atoms with Gasteiger partial charge in [0.25, 0.3) is 0 Å². The highest BCUT2D eigenvalue weighted by Gasteiger charge is 2.15. The average Bonchev–Trinajstić information content (AvgIpc) is 2.13. The lowest BCUT2D eigenvalue weighted by atomic mass is 10.2. The number of carboxylic acids is 1. The molecule has 0 spiro atoms. The van der Waals surface area contributed by atoms with Crippen molar-refractivity contribution in [3.05, 3.63) is 0 Å². The number of aliphatic carboxylic acids is 1. The minimum atomic E-state index is -0.970. The molecule has 0 heterocycles. The third-order valence-electron chi connectivity index (χ3n) is 1.68. The first-order valence-corrected chi connectivity index (χ1v) is 5.66. The molecule has 0 rings (SSSR count). The molecule has 104 valence electrons. The fourth-order valence-corrected chi connectivity index (χ4v) is 0.990. The van der Waals surface area contributed by atoms with Crippen LogP contribution < -0.4 is 10.6 Å². The summed E-state index contributed by atoms with van der Waals surface area (Å²) in [6.45, 7) is 5.45. The molecule has 3 N–H and O–H groups in total. The number of amides is 2. The third kappa shape index (κ3) is 10.7. The molecule has 0 fully saturated rings. The van der Waals surface area contributed by atoms with Crippen LogP contribution in [0, 0.1) is 0 Å². The molecule has 0 aromatic rings. The van der Waals surface area contributed by atoms with E-state index in [1.165, 1.54) is 0 Å². The zero-order valence-electron chi connectivity index (χ0n) is 10.9. The normalized spacial score (nSPS) is 10.6. The van der Waals surface area contributed by atoms with Gasteiger partial charge in [-0.3, -0.25) is 9.59 Å². The van der Waals surface area contributed by atoms with Crippen molar-refractivity contribution in [3.63, 3.8) is 0 Å². The van der Waals surface area contributed by atoms with Crippen molar-refractivity contribution in [2.75, 3.05) is 13.1 Å². The van der Waals surface area contributed by atoms with Crippen molar-refractivity contribution < 1.29 is 24.2 Å². The summed E-state index contributed by atoms with van der Waals surface area (Å²) in [5, 5.41) is 13.2. The van der Waals surface area contributed by atoms with E-state index in [0.717, 1.165) is 0 Å². The Labute approximate surface area is 106 Å². The second-order valence-corrected chi connectivity index (χ2v) is 4.67. The predicted molar refractivity (Wildman–Crippen MR) is 64.1 cm³/mol. The van der Waals surface area contributed by atoms with Crippen molar-refractivity contribution in [3.8, 4) is 0 Å². The highest BCUT2D eigenvalue weighted by molar-refractivity contribution is 5.77. The summed E-state index contributed by atoms with van der Waals surface area (Å²) >= 11 is 0. The molecule has 0 saturated carbocycles. The molecular weight excluding hydrogens is 240 g/mol. The standard InChI is InChI=1S/C11H20N2O5/c1-11(2,3)18-10(17)13-6-4-8(14)12-7-5-9(15)16/h4-7H2,1-3H3,(H,12,14)(H,13,17)(H,15,16). The highest BCUT2D eigenvalue weighted by atomic mass is 16.6. The fraction of sp³-hybridized carbons (Fsp3) is 0.727. The van der Waals surface area contributed by atoms with Crippen LogP contribution in [0.2, 0.25) is 0 Å². The van der Waals surface area contributed by atoms with Gasteiger partial charge in [0.05, 0.1) is 6.42 Å². The van der Waals surface area contributed by atoms with Crippen molar-refractivity contribution in [1.29, 1.82) is 0 Å². The summed E-state index contributed by atoms with van der Waals surface area (Å²) in [6, 6.07) is 0. The van der Waals surface area contributed by atoms with Gasteiger partial charge < -0.3 is 20.5 Å². The Balaban J connectivity index is 3.62. The molecule has 7 nitrogen and oxygen atoms in total. The number of ether oxygens (including phenoxy) is 1. The van der Waals surface area contributed by atoms with E-state index in [1.54, 1.807) is 20.8 Å². The van der Waals surface area contributed by atoms with Crippen LogP contribution in [0.25, 0.3) is 0 Å². The highest BCUT2D eigenvalue weighted by Crippen LogP contribution is 2.06. The van der Waals surface area contributed by atoms with E-state index in [-0.39, 0.29) is 31.8 Å². The van der Waals surface area contributed by atoms with Crippen LogP contribution in [0.4, 0.5) is 4.79 Å². The average molecular weight is 260 g/mol. The van der Waals surface area contributed by atoms with Crippen LogP contribution in [-0.2, 0) is 14.3 Å². The lowest BCUT2D eigenvalue weighted by molar-refractivity contribution is -0.136. The number of hydrogen-bond acceptors (Lipinski definition) is 4. The number of rotatable bonds is 6. The van der Waals surface area contributed by atoms with Crippen molar-refractivity contribution in [1.82, 2.24) is 10.6 Å². The topological polar surface area (TPSA) is 105 Å². The molecule has 0 saturated heterocycles. The SMILES string of the molecule is CC(C)(C)OC(=O)NCCC(=O)NCCC(=O)O. The quantitative estimate of drug-likeness (QED) is 0.644. The van der Waals surface area contributed by atoms with Gasteiger partial charge in [-0.2, -0.15) is 0 Å². The Hall–Kier alpha value is -1.79. The maximum Gasteiger partial charge on any atom is 0.407 e. The monoisotopic (exact) mass is 260 g/mol. The Kier molecular flexibility index (Phi) is 6.77. The van der Waals surface area contributed by atoms with Crippen LogP contribution in [-0.4, -0.2) is 41.8 Å². The molecule has 0 aliphatic heterocycles. The molecule has 0 aromatic carbocycles. The molecule has 7 heteroatoms. The maximum absolute atomic E-state index is 11.2. The van der Waals surface area contributed by atoms with E-state index in [1.807, 2.05) is 0 Å². The summed E-state index contributed by atoms with van der Waals surface area (Å²) in [6.07, 6.45) is -0.620. The summed E-state index contributed by atoms with van der Waals surface area (Å²) in [5.41, 5.74) is -0.576.